The highest BCUT2D eigenvalue weighted by molar-refractivity contribution is 5.81. The van der Waals surface area contributed by atoms with Gasteiger partial charge in [-0.15, -0.1) is 0 Å². The summed E-state index contributed by atoms with van der Waals surface area (Å²) in [4.78, 5) is 12.3. The molecule has 3 atom stereocenters. The Morgan fingerprint density at radius 1 is 1.06 bits per heavy atom. The van der Waals surface area contributed by atoms with Crippen LogP contribution >= 0.6 is 0 Å². The lowest BCUT2D eigenvalue weighted by Crippen LogP contribution is -2.58. The van der Waals surface area contributed by atoms with Crippen LogP contribution in [0.15, 0.2) is 0 Å². The lowest BCUT2D eigenvalue weighted by Gasteiger charge is -2.39. The van der Waals surface area contributed by atoms with Crippen LogP contribution in [0, 0.1) is 0 Å². The summed E-state index contributed by atoms with van der Waals surface area (Å²) in [5, 5.41) is 5.53. The van der Waals surface area contributed by atoms with Gasteiger partial charge in [0.1, 0.15) is 0 Å². The van der Waals surface area contributed by atoms with Gasteiger partial charge in [0.05, 0.1) is 6.04 Å². The number of nitrogens with zero attached hydrogens (tertiary/aromatic N) is 1. The lowest BCUT2D eigenvalue weighted by molar-refractivity contribution is -0.131. The predicted molar refractivity (Wildman–Crippen MR) is 73.0 cm³/mol. The van der Waals surface area contributed by atoms with Gasteiger partial charge in [-0.3, -0.25) is 10.2 Å². The number of hydrogen-bond donors (Lipinski definition) is 2. The molecule has 3 unspecified atom stereocenters. The second-order valence-corrected chi connectivity index (χ2v) is 5.87. The minimum atomic E-state index is 0.00817. The number of carbonyl (C=O) groups is 1. The van der Waals surface area contributed by atoms with Crippen molar-refractivity contribution in [1.29, 1.82) is 0 Å². The van der Waals surface area contributed by atoms with Crippen molar-refractivity contribution in [1.82, 2.24) is 15.8 Å². The van der Waals surface area contributed by atoms with Crippen LogP contribution in [0.1, 0.15) is 58.8 Å². The maximum atomic E-state index is 12.3. The molecular formula is C14H27N3O. The highest BCUT2D eigenvalue weighted by Gasteiger charge is 2.28. The molecule has 0 aromatic carbocycles. The van der Waals surface area contributed by atoms with Crippen molar-refractivity contribution in [3.8, 4) is 0 Å². The Labute approximate surface area is 110 Å². The van der Waals surface area contributed by atoms with E-state index in [1.54, 1.807) is 0 Å². The predicted octanol–water partition coefficient (Wildman–Crippen LogP) is 1.81. The van der Waals surface area contributed by atoms with Gasteiger partial charge in [0.25, 0.3) is 5.91 Å². The molecule has 104 valence electrons. The van der Waals surface area contributed by atoms with E-state index in [1.165, 1.54) is 32.1 Å². The van der Waals surface area contributed by atoms with E-state index < -0.39 is 0 Å². The van der Waals surface area contributed by atoms with Crippen LogP contribution in [-0.2, 0) is 4.79 Å². The van der Waals surface area contributed by atoms with E-state index in [0.29, 0.717) is 12.1 Å². The monoisotopic (exact) mass is 253 g/mol. The first-order valence-electron chi connectivity index (χ1n) is 7.50. The minimum absolute atomic E-state index is 0.00817. The number of piperidine rings is 1. The standard InChI is InChI=1S/C14H27N3O/c1-11-7-6-8-12(2)17(11)16-14(18)13-9-4-3-5-10-15-13/h11-13,15H,3-10H2,1-2H3,(H,16,18). The van der Waals surface area contributed by atoms with E-state index in [1.807, 2.05) is 0 Å². The Hall–Kier alpha value is -0.610. The minimum Gasteiger partial charge on any atom is -0.306 e. The van der Waals surface area contributed by atoms with E-state index in [-0.39, 0.29) is 11.9 Å². The first-order valence-corrected chi connectivity index (χ1v) is 7.50. The molecule has 2 fully saturated rings. The molecular weight excluding hydrogens is 226 g/mol. The van der Waals surface area contributed by atoms with Gasteiger partial charge < -0.3 is 5.32 Å². The summed E-state index contributed by atoms with van der Waals surface area (Å²) in [5.41, 5.74) is 3.15. The molecule has 0 aromatic rings. The summed E-state index contributed by atoms with van der Waals surface area (Å²) >= 11 is 0. The first-order chi connectivity index (χ1) is 8.68. The van der Waals surface area contributed by atoms with Gasteiger partial charge in [-0.2, -0.15) is 0 Å². The van der Waals surface area contributed by atoms with Crippen LogP contribution in [0.2, 0.25) is 0 Å². The summed E-state index contributed by atoms with van der Waals surface area (Å²) < 4.78 is 0. The van der Waals surface area contributed by atoms with Gasteiger partial charge >= 0.3 is 0 Å². The van der Waals surface area contributed by atoms with Gasteiger partial charge in [0.15, 0.2) is 0 Å². The summed E-state index contributed by atoms with van der Waals surface area (Å²) in [5.74, 6) is 0.164. The molecule has 0 aromatic heterocycles. The fourth-order valence-electron chi connectivity index (χ4n) is 3.10. The van der Waals surface area contributed by atoms with E-state index >= 15 is 0 Å². The molecule has 4 heteroatoms. The van der Waals surface area contributed by atoms with Crippen molar-refractivity contribution in [3.05, 3.63) is 0 Å². The third-order valence-corrected chi connectivity index (χ3v) is 4.31. The molecule has 0 bridgehead atoms. The second-order valence-electron chi connectivity index (χ2n) is 5.87. The van der Waals surface area contributed by atoms with Gasteiger partial charge in [-0.25, -0.2) is 5.01 Å². The van der Waals surface area contributed by atoms with Gasteiger partial charge in [0.2, 0.25) is 0 Å². The highest BCUT2D eigenvalue weighted by atomic mass is 16.2. The van der Waals surface area contributed by atoms with Crippen molar-refractivity contribution < 1.29 is 4.79 Å². The third kappa shape index (κ3) is 3.45. The topological polar surface area (TPSA) is 44.4 Å². The summed E-state index contributed by atoms with van der Waals surface area (Å²) in [6, 6.07) is 0.931. The molecule has 0 spiro atoms. The van der Waals surface area contributed by atoms with Crippen LogP contribution < -0.4 is 10.7 Å². The van der Waals surface area contributed by atoms with Gasteiger partial charge in [-0.1, -0.05) is 19.3 Å². The molecule has 2 heterocycles. The van der Waals surface area contributed by atoms with Crippen molar-refractivity contribution in [2.24, 2.45) is 0 Å². The number of amides is 1. The Balaban J connectivity index is 1.88. The molecule has 18 heavy (non-hydrogen) atoms. The van der Waals surface area contributed by atoms with Crippen molar-refractivity contribution >= 4 is 5.91 Å². The van der Waals surface area contributed by atoms with Gasteiger partial charge in [0, 0.05) is 12.1 Å². The molecule has 2 aliphatic heterocycles. The van der Waals surface area contributed by atoms with Crippen LogP contribution in [0.3, 0.4) is 0 Å². The summed E-state index contributed by atoms with van der Waals surface area (Å²) in [6.45, 7) is 5.39. The third-order valence-electron chi connectivity index (χ3n) is 4.31. The Kier molecular flexibility index (Phi) is 5.01. The van der Waals surface area contributed by atoms with Crippen molar-refractivity contribution in [2.45, 2.75) is 76.9 Å². The number of rotatable bonds is 2. The maximum absolute atomic E-state index is 12.3. The van der Waals surface area contributed by atoms with E-state index in [0.717, 1.165) is 19.4 Å². The van der Waals surface area contributed by atoms with Crippen LogP contribution in [0.25, 0.3) is 0 Å². The fraction of sp³-hybridized carbons (Fsp3) is 0.929. The average Bonchev–Trinajstić information content (AvgIpc) is 2.62. The Morgan fingerprint density at radius 2 is 1.78 bits per heavy atom. The number of carbonyl (C=O) groups excluding carboxylic acids is 1. The molecule has 0 radical (unpaired) electrons. The molecule has 2 saturated heterocycles. The molecule has 2 aliphatic rings. The zero-order valence-electron chi connectivity index (χ0n) is 11.7. The zero-order valence-corrected chi connectivity index (χ0v) is 11.7. The van der Waals surface area contributed by atoms with Crippen molar-refractivity contribution in [3.63, 3.8) is 0 Å². The van der Waals surface area contributed by atoms with Crippen LogP contribution in [-0.4, -0.2) is 35.6 Å². The number of hydrazine groups is 1. The number of hydrogen-bond acceptors (Lipinski definition) is 3. The zero-order chi connectivity index (χ0) is 13.0. The van der Waals surface area contributed by atoms with E-state index in [2.05, 4.69) is 29.6 Å². The fourth-order valence-corrected chi connectivity index (χ4v) is 3.10. The van der Waals surface area contributed by atoms with Crippen LogP contribution in [0.5, 0.6) is 0 Å². The molecule has 2 N–H and O–H groups in total. The highest BCUT2D eigenvalue weighted by Crippen LogP contribution is 2.20. The normalized spacial score (nSPS) is 34.9. The summed E-state index contributed by atoms with van der Waals surface area (Å²) in [7, 11) is 0. The second kappa shape index (κ2) is 6.53. The SMILES string of the molecule is CC1CCCC(C)N1NC(=O)C1CCCCCN1. The smallest absolute Gasteiger partial charge is 0.251 e. The molecule has 2 rings (SSSR count). The molecule has 1 amide bonds. The van der Waals surface area contributed by atoms with E-state index in [9.17, 15) is 4.79 Å². The quantitative estimate of drug-likeness (QED) is 0.789. The molecule has 0 saturated carbocycles. The lowest BCUT2D eigenvalue weighted by atomic mass is 10.00. The Morgan fingerprint density at radius 3 is 2.50 bits per heavy atom. The average molecular weight is 253 g/mol. The van der Waals surface area contributed by atoms with Gasteiger partial charge in [-0.05, 0) is 46.1 Å². The van der Waals surface area contributed by atoms with Crippen molar-refractivity contribution in [2.75, 3.05) is 6.54 Å². The van der Waals surface area contributed by atoms with E-state index in [4.69, 9.17) is 0 Å². The maximum Gasteiger partial charge on any atom is 0.251 e. The Bertz CT molecular complexity index is 264. The summed E-state index contributed by atoms with van der Waals surface area (Å²) in [6.07, 6.45) is 8.22. The molecule has 0 aliphatic carbocycles. The first kappa shape index (κ1) is 13.8. The molecule has 4 nitrogen and oxygen atoms in total. The van der Waals surface area contributed by atoms with Crippen LogP contribution in [0.4, 0.5) is 0 Å². The number of nitrogens with one attached hydrogen (secondary N) is 2. The largest absolute Gasteiger partial charge is 0.306 e.